The Bertz CT molecular complexity index is 535. The number of nitrogens with one attached hydrogen (secondary N) is 1. The molecule has 2 aromatic rings. The van der Waals surface area contributed by atoms with E-state index in [9.17, 15) is 0 Å². The van der Waals surface area contributed by atoms with Crippen molar-refractivity contribution in [3.63, 3.8) is 0 Å². The number of nitrogen functional groups attached to an aromatic ring is 1. The third kappa shape index (κ3) is 2.58. The van der Waals surface area contributed by atoms with E-state index in [1.54, 1.807) is 18.0 Å². The summed E-state index contributed by atoms with van der Waals surface area (Å²) in [6.07, 6.45) is 1.81. The molecule has 3 N–H and O–H groups in total. The summed E-state index contributed by atoms with van der Waals surface area (Å²) in [6, 6.07) is 0. The fourth-order valence-corrected chi connectivity index (χ4v) is 2.33. The first kappa shape index (κ1) is 11.9. The smallest absolute Gasteiger partial charge is 0.208 e. The Balaban J connectivity index is 2.12. The number of aromatic nitrogens is 4. The second-order valence-corrected chi connectivity index (χ2v) is 4.86. The Morgan fingerprint density at radius 2 is 2.12 bits per heavy atom. The molecule has 0 atom stereocenters. The summed E-state index contributed by atoms with van der Waals surface area (Å²) in [7, 11) is 0. The first-order chi connectivity index (χ1) is 8.08. The average Bonchev–Trinajstić information content (AvgIpc) is 2.71. The minimum atomic E-state index is 0.730. The van der Waals surface area contributed by atoms with E-state index in [4.69, 9.17) is 5.73 Å². The van der Waals surface area contributed by atoms with Crippen LogP contribution in [0.25, 0.3) is 0 Å². The Morgan fingerprint density at radius 1 is 1.35 bits per heavy atom. The molecule has 0 fully saturated rings. The van der Waals surface area contributed by atoms with Gasteiger partial charge in [-0.2, -0.15) is 0 Å². The van der Waals surface area contributed by atoms with Gasteiger partial charge in [-0.15, -0.1) is 5.10 Å². The number of anilines is 1. The zero-order chi connectivity index (χ0) is 12.4. The van der Waals surface area contributed by atoms with Crippen LogP contribution in [0.5, 0.6) is 0 Å². The summed E-state index contributed by atoms with van der Waals surface area (Å²) >= 11 is 1.55. The molecular formula is C11H15N5S. The zero-order valence-corrected chi connectivity index (χ0v) is 10.9. The van der Waals surface area contributed by atoms with Gasteiger partial charge in [0.15, 0.2) is 0 Å². The van der Waals surface area contributed by atoms with Crippen LogP contribution in [0, 0.1) is 20.8 Å². The molecule has 0 bridgehead atoms. The highest BCUT2D eigenvalue weighted by molar-refractivity contribution is 7.98. The standard InChI is InChI=1S/C11H15N5S/c1-6-4-13-9(7(2)10(6)12)5-17-11-14-8(3)15-16-11/h4H,5H2,1-3H3,(H2,12,13)(H,14,15,16). The van der Waals surface area contributed by atoms with Crippen LogP contribution in [0.2, 0.25) is 0 Å². The Morgan fingerprint density at radius 3 is 2.76 bits per heavy atom. The molecule has 2 rings (SSSR count). The fourth-order valence-electron chi connectivity index (χ4n) is 1.46. The summed E-state index contributed by atoms with van der Waals surface area (Å²) in [6.45, 7) is 5.84. The van der Waals surface area contributed by atoms with Gasteiger partial charge in [-0.05, 0) is 31.9 Å². The summed E-state index contributed by atoms with van der Waals surface area (Å²) in [5.41, 5.74) is 9.84. The average molecular weight is 249 g/mol. The molecule has 0 saturated carbocycles. The fraction of sp³-hybridized carbons (Fsp3) is 0.364. The number of hydrogen-bond acceptors (Lipinski definition) is 5. The molecule has 2 aromatic heterocycles. The summed E-state index contributed by atoms with van der Waals surface area (Å²) in [5, 5.41) is 7.62. The lowest BCUT2D eigenvalue weighted by molar-refractivity contribution is 0.967. The van der Waals surface area contributed by atoms with Gasteiger partial charge in [0.2, 0.25) is 5.16 Å². The van der Waals surface area contributed by atoms with E-state index in [-0.39, 0.29) is 0 Å². The number of rotatable bonds is 3. The first-order valence-corrected chi connectivity index (χ1v) is 6.29. The van der Waals surface area contributed by atoms with Gasteiger partial charge in [0.25, 0.3) is 0 Å². The normalized spacial score (nSPS) is 10.8. The molecule has 0 aliphatic rings. The second-order valence-electron chi connectivity index (χ2n) is 3.92. The lowest BCUT2D eigenvalue weighted by Crippen LogP contribution is -2.00. The van der Waals surface area contributed by atoms with E-state index in [0.717, 1.165) is 39.2 Å². The number of thioether (sulfide) groups is 1. The van der Waals surface area contributed by atoms with Crippen molar-refractivity contribution >= 4 is 17.4 Å². The van der Waals surface area contributed by atoms with Crippen molar-refractivity contribution < 1.29 is 0 Å². The van der Waals surface area contributed by atoms with Crippen LogP contribution in [0.4, 0.5) is 5.69 Å². The SMILES string of the molecule is Cc1nc(SCc2ncc(C)c(N)c2C)n[nH]1. The number of aryl methyl sites for hydroxylation is 2. The van der Waals surface area contributed by atoms with Crippen molar-refractivity contribution in [3.8, 4) is 0 Å². The largest absolute Gasteiger partial charge is 0.398 e. The van der Waals surface area contributed by atoms with Crippen LogP contribution >= 0.6 is 11.8 Å². The van der Waals surface area contributed by atoms with E-state index in [1.165, 1.54) is 0 Å². The lowest BCUT2D eigenvalue weighted by atomic mass is 10.1. The molecule has 0 amide bonds. The highest BCUT2D eigenvalue weighted by Gasteiger charge is 2.08. The molecule has 0 radical (unpaired) electrons. The maximum absolute atomic E-state index is 5.97. The number of nitrogens with zero attached hydrogens (tertiary/aromatic N) is 3. The van der Waals surface area contributed by atoms with Crippen molar-refractivity contribution in [1.29, 1.82) is 0 Å². The maximum Gasteiger partial charge on any atom is 0.208 e. The Hall–Kier alpha value is -1.56. The zero-order valence-electron chi connectivity index (χ0n) is 10.1. The summed E-state index contributed by atoms with van der Waals surface area (Å²) in [4.78, 5) is 8.63. The molecule has 0 saturated heterocycles. The first-order valence-electron chi connectivity index (χ1n) is 5.30. The van der Waals surface area contributed by atoms with Crippen molar-refractivity contribution in [3.05, 3.63) is 28.8 Å². The highest BCUT2D eigenvalue weighted by atomic mass is 32.2. The van der Waals surface area contributed by atoms with Crippen LogP contribution in [-0.2, 0) is 5.75 Å². The molecule has 0 spiro atoms. The molecule has 0 aromatic carbocycles. The summed E-state index contributed by atoms with van der Waals surface area (Å²) < 4.78 is 0. The number of aromatic amines is 1. The van der Waals surface area contributed by atoms with Crippen molar-refractivity contribution in [1.82, 2.24) is 20.2 Å². The van der Waals surface area contributed by atoms with E-state index >= 15 is 0 Å². The maximum atomic E-state index is 5.97. The minimum absolute atomic E-state index is 0.730. The van der Waals surface area contributed by atoms with Gasteiger partial charge < -0.3 is 5.73 Å². The number of nitrogens with two attached hydrogens (primary N) is 1. The van der Waals surface area contributed by atoms with Crippen LogP contribution in [0.15, 0.2) is 11.4 Å². The molecular weight excluding hydrogens is 234 g/mol. The number of H-pyrrole nitrogens is 1. The van der Waals surface area contributed by atoms with E-state index < -0.39 is 0 Å². The van der Waals surface area contributed by atoms with Crippen LogP contribution in [-0.4, -0.2) is 20.2 Å². The van der Waals surface area contributed by atoms with Crippen LogP contribution in [0.3, 0.4) is 0 Å². The molecule has 2 heterocycles. The second kappa shape index (κ2) is 4.75. The van der Waals surface area contributed by atoms with Gasteiger partial charge in [0.05, 0.1) is 5.69 Å². The van der Waals surface area contributed by atoms with E-state index in [1.807, 2.05) is 20.8 Å². The van der Waals surface area contributed by atoms with Crippen molar-refractivity contribution in [2.75, 3.05) is 5.73 Å². The van der Waals surface area contributed by atoms with Crippen molar-refractivity contribution in [2.24, 2.45) is 0 Å². The van der Waals surface area contributed by atoms with Crippen LogP contribution < -0.4 is 5.73 Å². The molecule has 0 aliphatic carbocycles. The van der Waals surface area contributed by atoms with Gasteiger partial charge in [-0.3, -0.25) is 10.1 Å². The monoisotopic (exact) mass is 249 g/mol. The molecule has 5 nitrogen and oxygen atoms in total. The molecule has 0 unspecified atom stereocenters. The van der Waals surface area contributed by atoms with Gasteiger partial charge in [0.1, 0.15) is 5.82 Å². The number of hydrogen-bond donors (Lipinski definition) is 2. The molecule has 17 heavy (non-hydrogen) atoms. The Labute approximate surface area is 104 Å². The van der Waals surface area contributed by atoms with Crippen molar-refractivity contribution in [2.45, 2.75) is 31.7 Å². The van der Waals surface area contributed by atoms with E-state index in [0.29, 0.717) is 0 Å². The molecule has 0 aliphatic heterocycles. The van der Waals surface area contributed by atoms with E-state index in [2.05, 4.69) is 20.2 Å². The third-order valence-electron chi connectivity index (χ3n) is 2.59. The van der Waals surface area contributed by atoms with Gasteiger partial charge in [-0.25, -0.2) is 4.98 Å². The lowest BCUT2D eigenvalue weighted by Gasteiger charge is -2.08. The topological polar surface area (TPSA) is 80.5 Å². The number of pyridine rings is 1. The summed E-state index contributed by atoms with van der Waals surface area (Å²) in [5.74, 6) is 1.55. The van der Waals surface area contributed by atoms with Gasteiger partial charge in [-0.1, -0.05) is 11.8 Å². The minimum Gasteiger partial charge on any atom is -0.398 e. The van der Waals surface area contributed by atoms with Crippen LogP contribution in [0.1, 0.15) is 22.6 Å². The molecule has 90 valence electrons. The quantitative estimate of drug-likeness (QED) is 0.813. The Kier molecular flexibility index (Phi) is 3.33. The predicted molar refractivity (Wildman–Crippen MR) is 68.8 cm³/mol. The van der Waals surface area contributed by atoms with Gasteiger partial charge >= 0.3 is 0 Å². The highest BCUT2D eigenvalue weighted by Crippen LogP contribution is 2.24. The van der Waals surface area contributed by atoms with Gasteiger partial charge in [0, 0.05) is 17.6 Å². The third-order valence-corrected chi connectivity index (χ3v) is 3.45. The molecule has 6 heteroatoms. The predicted octanol–water partition coefficient (Wildman–Crippen LogP) is 2.00.